The summed E-state index contributed by atoms with van der Waals surface area (Å²) in [6, 6.07) is 20.7. The molecule has 0 unspecified atom stereocenters. The van der Waals surface area contributed by atoms with Gasteiger partial charge in [-0.05, 0) is 48.5 Å². The molecule has 4 aromatic rings. The van der Waals surface area contributed by atoms with Crippen LogP contribution in [-0.2, 0) is 4.79 Å². The summed E-state index contributed by atoms with van der Waals surface area (Å²) in [5.74, 6) is -0.0964. The fourth-order valence-corrected chi connectivity index (χ4v) is 3.75. The third-order valence-electron chi connectivity index (χ3n) is 5.66. The Morgan fingerprint density at radius 1 is 0.811 bits per heavy atom. The van der Waals surface area contributed by atoms with E-state index in [1.165, 1.54) is 6.07 Å². The maximum atomic E-state index is 13.2. The lowest BCUT2D eigenvalue weighted by atomic mass is 10.0. The molecule has 0 aliphatic heterocycles. The van der Waals surface area contributed by atoms with Crippen molar-refractivity contribution in [2.75, 3.05) is 19.5 Å². The van der Waals surface area contributed by atoms with Crippen molar-refractivity contribution in [3.63, 3.8) is 0 Å². The van der Waals surface area contributed by atoms with E-state index < -0.39 is 11.8 Å². The molecule has 0 saturated heterocycles. The number of hydrogen-bond donors (Lipinski definition) is 3. The van der Waals surface area contributed by atoms with Crippen molar-refractivity contribution in [1.29, 1.82) is 0 Å². The molecule has 0 aliphatic rings. The lowest BCUT2D eigenvalue weighted by molar-refractivity contribution is -0.115. The molecule has 0 spiro atoms. The molecule has 0 bridgehead atoms. The number of nitrogens with zero attached hydrogens (tertiary/aromatic N) is 1. The maximum absolute atomic E-state index is 13.2. The summed E-state index contributed by atoms with van der Waals surface area (Å²) in [6.07, 6.45) is 0.317. The van der Waals surface area contributed by atoms with E-state index in [-0.39, 0.29) is 11.5 Å². The highest BCUT2D eigenvalue weighted by molar-refractivity contribution is 6.08. The lowest BCUT2D eigenvalue weighted by Gasteiger charge is -2.13. The van der Waals surface area contributed by atoms with E-state index in [4.69, 9.17) is 14.5 Å². The molecule has 3 N–H and O–H groups in total. The molecule has 4 rings (SSSR count). The predicted molar refractivity (Wildman–Crippen MR) is 141 cm³/mol. The molecule has 3 amide bonds. The molecule has 0 fully saturated rings. The standard InChI is InChI=1S/C28H26N4O5/c1-4-26(33)29-19-9-7-8-18(14-19)27(34)31-32-28(35)21-16-23(30-22-11-6-5-10-20(21)22)17-12-13-24(36-2)25(15-17)37-3/h5-16H,4H2,1-3H3,(H,29,33)(H,31,34)(H,32,35). The Morgan fingerprint density at radius 2 is 1.57 bits per heavy atom. The maximum Gasteiger partial charge on any atom is 0.270 e. The van der Waals surface area contributed by atoms with Crippen LogP contribution in [0.5, 0.6) is 11.5 Å². The smallest absolute Gasteiger partial charge is 0.270 e. The summed E-state index contributed by atoms with van der Waals surface area (Å²) in [6.45, 7) is 1.74. The van der Waals surface area contributed by atoms with Crippen molar-refractivity contribution in [1.82, 2.24) is 15.8 Å². The van der Waals surface area contributed by atoms with Gasteiger partial charge in [0.25, 0.3) is 11.8 Å². The number of para-hydroxylation sites is 1. The highest BCUT2D eigenvalue weighted by Gasteiger charge is 2.16. The Labute approximate surface area is 213 Å². The second-order valence-electron chi connectivity index (χ2n) is 8.03. The van der Waals surface area contributed by atoms with Crippen molar-refractivity contribution in [2.45, 2.75) is 13.3 Å². The first-order valence-corrected chi connectivity index (χ1v) is 11.6. The van der Waals surface area contributed by atoms with Gasteiger partial charge in [-0.1, -0.05) is 31.2 Å². The molecule has 0 saturated carbocycles. The number of amides is 3. The average molecular weight is 499 g/mol. The molecule has 188 valence electrons. The average Bonchev–Trinajstić information content (AvgIpc) is 2.94. The van der Waals surface area contributed by atoms with Gasteiger partial charge in [-0.25, -0.2) is 4.98 Å². The summed E-state index contributed by atoms with van der Waals surface area (Å²) in [5, 5.41) is 3.33. The van der Waals surface area contributed by atoms with Crippen LogP contribution >= 0.6 is 0 Å². The van der Waals surface area contributed by atoms with Crippen LogP contribution in [-0.4, -0.2) is 36.9 Å². The third kappa shape index (κ3) is 5.67. The zero-order valence-electron chi connectivity index (χ0n) is 20.6. The van der Waals surface area contributed by atoms with Crippen LogP contribution in [0.1, 0.15) is 34.1 Å². The molecule has 1 aromatic heterocycles. The number of carbonyl (C=O) groups is 3. The van der Waals surface area contributed by atoms with Crippen LogP contribution in [0.15, 0.2) is 72.8 Å². The second-order valence-corrected chi connectivity index (χ2v) is 8.03. The zero-order valence-corrected chi connectivity index (χ0v) is 20.6. The van der Waals surface area contributed by atoms with Gasteiger partial charge in [0.1, 0.15) is 0 Å². The Hall–Kier alpha value is -4.92. The third-order valence-corrected chi connectivity index (χ3v) is 5.66. The van der Waals surface area contributed by atoms with Crippen LogP contribution in [0, 0.1) is 0 Å². The van der Waals surface area contributed by atoms with E-state index >= 15 is 0 Å². The summed E-state index contributed by atoms with van der Waals surface area (Å²) in [7, 11) is 3.10. The number of aromatic nitrogens is 1. The summed E-state index contributed by atoms with van der Waals surface area (Å²) >= 11 is 0. The van der Waals surface area contributed by atoms with Crippen LogP contribution < -0.4 is 25.6 Å². The molecule has 9 heteroatoms. The van der Waals surface area contributed by atoms with E-state index in [1.807, 2.05) is 24.3 Å². The van der Waals surface area contributed by atoms with Crippen molar-refractivity contribution < 1.29 is 23.9 Å². The Bertz CT molecular complexity index is 1480. The first kappa shape index (κ1) is 25.2. The van der Waals surface area contributed by atoms with Gasteiger partial charge < -0.3 is 14.8 Å². The molecular weight excluding hydrogens is 472 g/mol. The van der Waals surface area contributed by atoms with Crippen molar-refractivity contribution in [3.8, 4) is 22.8 Å². The monoisotopic (exact) mass is 498 g/mol. The normalized spacial score (nSPS) is 10.5. The van der Waals surface area contributed by atoms with Crippen LogP contribution in [0.2, 0.25) is 0 Å². The largest absolute Gasteiger partial charge is 0.493 e. The second kappa shape index (κ2) is 11.2. The summed E-state index contributed by atoms with van der Waals surface area (Å²) in [5.41, 5.74) is 7.92. The van der Waals surface area contributed by atoms with E-state index in [9.17, 15) is 14.4 Å². The molecule has 0 aliphatic carbocycles. The Balaban J connectivity index is 1.59. The van der Waals surface area contributed by atoms with E-state index in [1.54, 1.807) is 63.6 Å². The van der Waals surface area contributed by atoms with Crippen molar-refractivity contribution in [2.24, 2.45) is 0 Å². The Morgan fingerprint density at radius 3 is 2.32 bits per heavy atom. The molecule has 0 radical (unpaired) electrons. The molecule has 1 heterocycles. The van der Waals surface area contributed by atoms with Crippen LogP contribution in [0.3, 0.4) is 0 Å². The van der Waals surface area contributed by atoms with Gasteiger partial charge >= 0.3 is 0 Å². The number of rotatable bonds is 7. The fourth-order valence-electron chi connectivity index (χ4n) is 3.75. The number of ether oxygens (including phenoxy) is 2. The number of nitrogens with one attached hydrogen (secondary N) is 3. The van der Waals surface area contributed by atoms with Crippen molar-refractivity contribution in [3.05, 3.63) is 83.9 Å². The molecular formula is C28H26N4O5. The molecule has 9 nitrogen and oxygen atoms in total. The van der Waals surface area contributed by atoms with Gasteiger partial charge in [-0.3, -0.25) is 25.2 Å². The van der Waals surface area contributed by atoms with Gasteiger partial charge in [-0.2, -0.15) is 0 Å². The first-order chi connectivity index (χ1) is 17.9. The number of hydrazine groups is 1. The number of hydrogen-bond acceptors (Lipinski definition) is 6. The molecule has 3 aromatic carbocycles. The number of pyridine rings is 1. The van der Waals surface area contributed by atoms with E-state index in [0.29, 0.717) is 45.8 Å². The van der Waals surface area contributed by atoms with Gasteiger partial charge in [0.15, 0.2) is 11.5 Å². The SMILES string of the molecule is CCC(=O)Nc1cccc(C(=O)NNC(=O)c2cc(-c3ccc(OC)c(OC)c3)nc3ccccc23)c1. The predicted octanol–water partition coefficient (Wildman–Crippen LogP) is 4.34. The number of methoxy groups -OCH3 is 2. The quantitative estimate of drug-likeness (QED) is 0.326. The first-order valence-electron chi connectivity index (χ1n) is 11.6. The number of carbonyl (C=O) groups excluding carboxylic acids is 3. The zero-order chi connectivity index (χ0) is 26.4. The van der Waals surface area contributed by atoms with Gasteiger partial charge in [0.05, 0.1) is 31.0 Å². The van der Waals surface area contributed by atoms with E-state index in [2.05, 4.69) is 16.2 Å². The highest BCUT2D eigenvalue weighted by atomic mass is 16.5. The topological polar surface area (TPSA) is 119 Å². The minimum absolute atomic E-state index is 0.166. The van der Waals surface area contributed by atoms with Crippen molar-refractivity contribution >= 4 is 34.3 Å². The van der Waals surface area contributed by atoms with E-state index in [0.717, 1.165) is 5.56 Å². The number of benzene rings is 3. The molecule has 0 atom stereocenters. The number of anilines is 1. The minimum atomic E-state index is -0.528. The summed E-state index contributed by atoms with van der Waals surface area (Å²) in [4.78, 5) is 42.2. The number of fused-ring (bicyclic) bond motifs is 1. The molecule has 37 heavy (non-hydrogen) atoms. The minimum Gasteiger partial charge on any atom is -0.493 e. The van der Waals surface area contributed by atoms with Gasteiger partial charge in [-0.15, -0.1) is 0 Å². The van der Waals surface area contributed by atoms with Gasteiger partial charge in [0.2, 0.25) is 5.91 Å². The summed E-state index contributed by atoms with van der Waals surface area (Å²) < 4.78 is 10.7. The lowest BCUT2D eigenvalue weighted by Crippen LogP contribution is -2.41. The fraction of sp³-hybridized carbons (Fsp3) is 0.143. The van der Waals surface area contributed by atoms with Crippen LogP contribution in [0.25, 0.3) is 22.2 Å². The highest BCUT2D eigenvalue weighted by Crippen LogP contribution is 2.33. The Kier molecular flexibility index (Phi) is 7.63. The van der Waals surface area contributed by atoms with Gasteiger partial charge in [0, 0.05) is 28.6 Å². The van der Waals surface area contributed by atoms with Crippen LogP contribution in [0.4, 0.5) is 5.69 Å².